The van der Waals surface area contributed by atoms with E-state index in [0.717, 1.165) is 11.0 Å². The van der Waals surface area contributed by atoms with E-state index >= 15 is 0 Å². The van der Waals surface area contributed by atoms with Crippen molar-refractivity contribution in [3.63, 3.8) is 0 Å². The maximum Gasteiger partial charge on any atom is 0.244 e. The molecule has 1 heterocycles. The molecule has 0 saturated heterocycles. The molecule has 0 saturated carbocycles. The summed E-state index contributed by atoms with van der Waals surface area (Å²) in [6.45, 7) is 5.63. The molecule has 0 radical (unpaired) electrons. The van der Waals surface area contributed by atoms with Crippen LogP contribution in [0, 0.1) is 5.41 Å². The van der Waals surface area contributed by atoms with Gasteiger partial charge in [0.2, 0.25) is 5.91 Å². The molecule has 0 spiro atoms. The van der Waals surface area contributed by atoms with E-state index in [2.05, 4.69) is 10.4 Å². The molecule has 0 fully saturated rings. The number of imidazole rings is 1. The first-order chi connectivity index (χ1) is 7.48. The molecule has 0 bridgehead atoms. The highest BCUT2D eigenvalue weighted by molar-refractivity contribution is 5.90. The maximum atomic E-state index is 11.8. The lowest BCUT2D eigenvalue weighted by Gasteiger charge is -2.18. The Morgan fingerprint density at radius 3 is 2.69 bits per heavy atom. The van der Waals surface area contributed by atoms with Gasteiger partial charge in [0.15, 0.2) is 0 Å². The summed E-state index contributed by atoms with van der Waals surface area (Å²) in [6, 6.07) is 7.68. The van der Waals surface area contributed by atoms with Crippen molar-refractivity contribution < 1.29 is 4.79 Å². The van der Waals surface area contributed by atoms with Crippen molar-refractivity contribution in [2.24, 2.45) is 5.41 Å². The van der Waals surface area contributed by atoms with Gasteiger partial charge < -0.3 is 0 Å². The van der Waals surface area contributed by atoms with Gasteiger partial charge in [-0.15, -0.1) is 0 Å². The van der Waals surface area contributed by atoms with Gasteiger partial charge in [-0.3, -0.25) is 10.2 Å². The number of hydrogen-bond donors (Lipinski definition) is 1. The van der Waals surface area contributed by atoms with Crippen LogP contribution in [-0.2, 0) is 4.79 Å². The molecular formula is C12H15N3O. The van der Waals surface area contributed by atoms with Gasteiger partial charge in [0.25, 0.3) is 0 Å². The zero-order valence-electron chi connectivity index (χ0n) is 9.69. The average molecular weight is 217 g/mol. The molecule has 0 aliphatic rings. The van der Waals surface area contributed by atoms with E-state index in [4.69, 9.17) is 0 Å². The van der Waals surface area contributed by atoms with Crippen molar-refractivity contribution >= 4 is 16.9 Å². The Hall–Kier alpha value is -1.84. The number of hydrogen-bond acceptors (Lipinski definition) is 2. The molecule has 84 valence electrons. The molecule has 2 rings (SSSR count). The lowest BCUT2D eigenvalue weighted by Crippen LogP contribution is -2.33. The van der Waals surface area contributed by atoms with Crippen LogP contribution >= 0.6 is 0 Å². The molecule has 16 heavy (non-hydrogen) atoms. The summed E-state index contributed by atoms with van der Waals surface area (Å²) in [4.78, 5) is 16.0. The summed E-state index contributed by atoms with van der Waals surface area (Å²) in [6.07, 6.45) is 1.62. The molecule has 0 atom stereocenters. The third-order valence-corrected chi connectivity index (χ3v) is 2.36. The number of carbonyl (C=O) groups excluding carboxylic acids is 1. The monoisotopic (exact) mass is 217 g/mol. The van der Waals surface area contributed by atoms with E-state index in [1.165, 1.54) is 0 Å². The van der Waals surface area contributed by atoms with Crippen molar-refractivity contribution in [3.8, 4) is 0 Å². The molecule has 4 nitrogen and oxygen atoms in total. The SMILES string of the molecule is CC(C)(C)C(=O)Nn1cnc2ccccc21. The Bertz CT molecular complexity index is 522. The Kier molecular flexibility index (Phi) is 2.42. The predicted molar refractivity (Wildman–Crippen MR) is 63.6 cm³/mol. The fourth-order valence-corrected chi connectivity index (χ4v) is 1.33. The number of benzene rings is 1. The first-order valence-corrected chi connectivity index (χ1v) is 5.22. The van der Waals surface area contributed by atoms with Crippen LogP contribution in [-0.4, -0.2) is 15.6 Å². The first kappa shape index (κ1) is 10.7. The third-order valence-electron chi connectivity index (χ3n) is 2.36. The van der Waals surface area contributed by atoms with Gasteiger partial charge in [0, 0.05) is 5.41 Å². The number of carbonyl (C=O) groups is 1. The highest BCUT2D eigenvalue weighted by atomic mass is 16.2. The lowest BCUT2D eigenvalue weighted by molar-refractivity contribution is -0.124. The minimum Gasteiger partial charge on any atom is -0.273 e. The summed E-state index contributed by atoms with van der Waals surface area (Å²) >= 11 is 0. The molecule has 0 unspecified atom stereocenters. The number of aromatic nitrogens is 2. The topological polar surface area (TPSA) is 46.9 Å². The zero-order chi connectivity index (χ0) is 11.8. The van der Waals surface area contributed by atoms with Gasteiger partial charge in [-0.25, -0.2) is 9.66 Å². The number of nitrogens with one attached hydrogen (secondary N) is 1. The van der Waals surface area contributed by atoms with E-state index in [0.29, 0.717) is 0 Å². The number of rotatable bonds is 1. The van der Waals surface area contributed by atoms with Crippen LogP contribution in [0.25, 0.3) is 11.0 Å². The van der Waals surface area contributed by atoms with Crippen molar-refractivity contribution in [1.29, 1.82) is 0 Å². The van der Waals surface area contributed by atoms with Crippen LogP contribution in [0.5, 0.6) is 0 Å². The van der Waals surface area contributed by atoms with E-state index in [1.807, 2.05) is 45.0 Å². The smallest absolute Gasteiger partial charge is 0.244 e. The molecule has 1 aromatic carbocycles. The van der Waals surface area contributed by atoms with Crippen LogP contribution in [0.2, 0.25) is 0 Å². The van der Waals surface area contributed by atoms with Crippen molar-refractivity contribution in [3.05, 3.63) is 30.6 Å². The van der Waals surface area contributed by atoms with E-state index in [-0.39, 0.29) is 5.91 Å². The maximum absolute atomic E-state index is 11.8. The van der Waals surface area contributed by atoms with Gasteiger partial charge in [-0.05, 0) is 12.1 Å². The van der Waals surface area contributed by atoms with Crippen LogP contribution in [0.4, 0.5) is 0 Å². The van der Waals surface area contributed by atoms with Crippen LogP contribution in [0.1, 0.15) is 20.8 Å². The Morgan fingerprint density at radius 2 is 2.00 bits per heavy atom. The number of amides is 1. The fourth-order valence-electron chi connectivity index (χ4n) is 1.33. The summed E-state index contributed by atoms with van der Waals surface area (Å²) < 4.78 is 1.66. The number of para-hydroxylation sites is 2. The molecule has 0 aliphatic carbocycles. The minimum absolute atomic E-state index is 0.0318. The zero-order valence-corrected chi connectivity index (χ0v) is 9.69. The minimum atomic E-state index is -0.411. The quantitative estimate of drug-likeness (QED) is 0.795. The highest BCUT2D eigenvalue weighted by Gasteiger charge is 2.21. The first-order valence-electron chi connectivity index (χ1n) is 5.22. The van der Waals surface area contributed by atoms with Crippen molar-refractivity contribution in [2.75, 3.05) is 5.43 Å². The highest BCUT2D eigenvalue weighted by Crippen LogP contribution is 2.15. The molecule has 4 heteroatoms. The van der Waals surface area contributed by atoms with E-state index in [9.17, 15) is 4.79 Å². The van der Waals surface area contributed by atoms with E-state index in [1.54, 1.807) is 11.0 Å². The second-order valence-electron chi connectivity index (χ2n) is 4.79. The Balaban J connectivity index is 2.32. The number of nitrogens with zero attached hydrogens (tertiary/aromatic N) is 2. The van der Waals surface area contributed by atoms with E-state index < -0.39 is 5.41 Å². The van der Waals surface area contributed by atoms with Gasteiger partial charge in [-0.1, -0.05) is 32.9 Å². The summed E-state index contributed by atoms with van der Waals surface area (Å²) in [5.41, 5.74) is 4.18. The van der Waals surface area contributed by atoms with Gasteiger partial charge in [-0.2, -0.15) is 0 Å². The van der Waals surface area contributed by atoms with Gasteiger partial charge in [0.1, 0.15) is 6.33 Å². The van der Waals surface area contributed by atoms with Crippen LogP contribution in [0.15, 0.2) is 30.6 Å². The largest absolute Gasteiger partial charge is 0.273 e. The third kappa shape index (κ3) is 1.91. The molecule has 2 aromatic rings. The van der Waals surface area contributed by atoms with Crippen molar-refractivity contribution in [2.45, 2.75) is 20.8 Å². The average Bonchev–Trinajstić information content (AvgIpc) is 2.61. The van der Waals surface area contributed by atoms with Crippen LogP contribution < -0.4 is 5.43 Å². The second-order valence-corrected chi connectivity index (χ2v) is 4.79. The van der Waals surface area contributed by atoms with Crippen LogP contribution in [0.3, 0.4) is 0 Å². The fraction of sp³-hybridized carbons (Fsp3) is 0.333. The van der Waals surface area contributed by atoms with Gasteiger partial charge >= 0.3 is 0 Å². The predicted octanol–water partition coefficient (Wildman–Crippen LogP) is 2.15. The summed E-state index contributed by atoms with van der Waals surface area (Å²) in [5.74, 6) is -0.0318. The van der Waals surface area contributed by atoms with Gasteiger partial charge in [0.05, 0.1) is 11.0 Å². The molecular weight excluding hydrogens is 202 g/mol. The normalized spacial score (nSPS) is 11.7. The summed E-state index contributed by atoms with van der Waals surface area (Å²) in [5, 5.41) is 0. The standard InChI is InChI=1S/C12H15N3O/c1-12(2,3)11(16)14-15-8-13-9-6-4-5-7-10(9)15/h4-8H,1-3H3,(H,14,16). The molecule has 1 aromatic heterocycles. The second kappa shape index (κ2) is 3.63. The summed E-state index contributed by atoms with van der Waals surface area (Å²) in [7, 11) is 0. The number of fused-ring (bicyclic) bond motifs is 1. The Labute approximate surface area is 94.3 Å². The Morgan fingerprint density at radius 1 is 1.31 bits per heavy atom. The molecule has 1 amide bonds. The molecule has 1 N–H and O–H groups in total. The van der Waals surface area contributed by atoms with Crippen molar-refractivity contribution in [1.82, 2.24) is 9.66 Å². The lowest BCUT2D eigenvalue weighted by atomic mass is 9.96. The molecule has 0 aliphatic heterocycles.